The van der Waals surface area contributed by atoms with Crippen molar-refractivity contribution in [3.63, 3.8) is 0 Å². The zero-order chi connectivity index (χ0) is 14.7. The van der Waals surface area contributed by atoms with Gasteiger partial charge in [0.2, 0.25) is 0 Å². The number of fused-ring (bicyclic) bond motifs is 1. The van der Waals surface area contributed by atoms with Gasteiger partial charge in [-0.3, -0.25) is 4.98 Å². The number of nitrogens with zero attached hydrogens (tertiary/aromatic N) is 2. The maximum absolute atomic E-state index is 9.57. The van der Waals surface area contributed by atoms with E-state index in [1.807, 2.05) is 42.5 Å². The van der Waals surface area contributed by atoms with Crippen LogP contribution in [0.1, 0.15) is 24.1 Å². The van der Waals surface area contributed by atoms with Crippen molar-refractivity contribution in [3.8, 4) is 0 Å². The van der Waals surface area contributed by atoms with Crippen molar-refractivity contribution in [1.29, 1.82) is 0 Å². The van der Waals surface area contributed by atoms with Crippen LogP contribution in [-0.4, -0.2) is 15.1 Å². The number of aliphatic hydroxyl groups is 1. The molecule has 0 amide bonds. The number of hydrogen-bond donors (Lipinski definition) is 2. The lowest BCUT2D eigenvalue weighted by atomic mass is 10.1. The molecule has 4 nitrogen and oxygen atoms in total. The van der Waals surface area contributed by atoms with E-state index in [1.54, 1.807) is 12.4 Å². The molecule has 1 atom stereocenters. The predicted octanol–water partition coefficient (Wildman–Crippen LogP) is 3.30. The summed E-state index contributed by atoms with van der Waals surface area (Å²) in [6.07, 6.45) is 3.54. The highest BCUT2D eigenvalue weighted by molar-refractivity contribution is 5.81. The Balaban J connectivity index is 1.96. The van der Waals surface area contributed by atoms with Crippen LogP contribution < -0.4 is 5.32 Å². The molecule has 0 aliphatic carbocycles. The van der Waals surface area contributed by atoms with Crippen LogP contribution in [-0.2, 0) is 6.61 Å². The van der Waals surface area contributed by atoms with Gasteiger partial charge >= 0.3 is 0 Å². The molecule has 0 fully saturated rings. The zero-order valence-electron chi connectivity index (χ0n) is 11.8. The fourth-order valence-corrected chi connectivity index (χ4v) is 2.35. The standard InChI is InChI=1S/C17H17N3O/c1-12(13-6-8-18-9-7-13)19-17-15(11-21)10-14-4-2-3-5-16(14)20-17/h2-10,12,21H,11H2,1H3,(H,19,20)/t12-/m0/s1. The van der Waals surface area contributed by atoms with E-state index in [9.17, 15) is 5.11 Å². The predicted molar refractivity (Wildman–Crippen MR) is 83.9 cm³/mol. The van der Waals surface area contributed by atoms with Crippen molar-refractivity contribution in [1.82, 2.24) is 9.97 Å². The second-order valence-corrected chi connectivity index (χ2v) is 4.99. The van der Waals surface area contributed by atoms with Gasteiger partial charge in [0.05, 0.1) is 18.2 Å². The smallest absolute Gasteiger partial charge is 0.132 e. The number of aliphatic hydroxyl groups excluding tert-OH is 1. The molecule has 0 aliphatic heterocycles. The van der Waals surface area contributed by atoms with Crippen LogP contribution in [0.3, 0.4) is 0 Å². The van der Waals surface area contributed by atoms with Crippen molar-refractivity contribution in [3.05, 3.63) is 66.0 Å². The average molecular weight is 279 g/mol. The monoisotopic (exact) mass is 279 g/mol. The van der Waals surface area contributed by atoms with E-state index in [4.69, 9.17) is 0 Å². The minimum absolute atomic E-state index is 0.0385. The van der Waals surface area contributed by atoms with Crippen LogP contribution >= 0.6 is 0 Å². The van der Waals surface area contributed by atoms with Gasteiger partial charge in [-0.2, -0.15) is 0 Å². The molecule has 0 unspecified atom stereocenters. The van der Waals surface area contributed by atoms with Gasteiger partial charge < -0.3 is 10.4 Å². The third-order valence-electron chi connectivity index (χ3n) is 3.53. The number of para-hydroxylation sites is 1. The van der Waals surface area contributed by atoms with E-state index in [2.05, 4.69) is 22.2 Å². The van der Waals surface area contributed by atoms with E-state index >= 15 is 0 Å². The Labute approximate surface area is 123 Å². The van der Waals surface area contributed by atoms with Gasteiger partial charge in [-0.1, -0.05) is 18.2 Å². The summed E-state index contributed by atoms with van der Waals surface area (Å²) in [6.45, 7) is 2.02. The Kier molecular flexibility index (Phi) is 3.79. The Morgan fingerprint density at radius 2 is 1.90 bits per heavy atom. The first-order valence-corrected chi connectivity index (χ1v) is 6.94. The number of hydrogen-bond acceptors (Lipinski definition) is 4. The minimum atomic E-state index is -0.0385. The molecule has 0 saturated carbocycles. The van der Waals surface area contributed by atoms with Crippen LogP contribution in [0.25, 0.3) is 10.9 Å². The summed E-state index contributed by atoms with van der Waals surface area (Å²) in [5.41, 5.74) is 2.84. The average Bonchev–Trinajstić information content (AvgIpc) is 2.55. The molecule has 3 rings (SSSR count). The molecule has 0 spiro atoms. The van der Waals surface area contributed by atoms with E-state index in [1.165, 1.54) is 0 Å². The van der Waals surface area contributed by atoms with E-state index < -0.39 is 0 Å². The largest absolute Gasteiger partial charge is 0.392 e. The topological polar surface area (TPSA) is 58.0 Å². The van der Waals surface area contributed by atoms with Gasteiger partial charge in [0, 0.05) is 23.3 Å². The van der Waals surface area contributed by atoms with Gasteiger partial charge in [0.25, 0.3) is 0 Å². The van der Waals surface area contributed by atoms with Crippen LogP contribution in [0.15, 0.2) is 54.9 Å². The molecule has 106 valence electrons. The van der Waals surface area contributed by atoms with Gasteiger partial charge in [-0.15, -0.1) is 0 Å². The summed E-state index contributed by atoms with van der Waals surface area (Å²) >= 11 is 0. The molecule has 2 aromatic heterocycles. The second-order valence-electron chi connectivity index (χ2n) is 4.99. The van der Waals surface area contributed by atoms with Gasteiger partial charge in [-0.05, 0) is 36.8 Å². The first-order valence-electron chi connectivity index (χ1n) is 6.94. The van der Waals surface area contributed by atoms with Crippen molar-refractivity contribution < 1.29 is 5.11 Å². The number of benzene rings is 1. The summed E-state index contributed by atoms with van der Waals surface area (Å²) in [7, 11) is 0. The summed E-state index contributed by atoms with van der Waals surface area (Å²) in [5.74, 6) is 0.723. The molecule has 3 aromatic rings. The first-order chi connectivity index (χ1) is 10.3. The van der Waals surface area contributed by atoms with Crippen molar-refractivity contribution in [2.24, 2.45) is 0 Å². The van der Waals surface area contributed by atoms with Gasteiger partial charge in [-0.25, -0.2) is 4.98 Å². The minimum Gasteiger partial charge on any atom is -0.392 e. The Bertz CT molecular complexity index is 743. The van der Waals surface area contributed by atoms with Crippen molar-refractivity contribution in [2.75, 3.05) is 5.32 Å². The highest BCUT2D eigenvalue weighted by Gasteiger charge is 2.10. The quantitative estimate of drug-likeness (QED) is 0.769. The number of nitrogens with one attached hydrogen (secondary N) is 1. The third-order valence-corrected chi connectivity index (χ3v) is 3.53. The van der Waals surface area contributed by atoms with E-state index in [0.29, 0.717) is 0 Å². The fraction of sp³-hybridized carbons (Fsp3) is 0.176. The van der Waals surface area contributed by atoms with Crippen LogP contribution in [0.2, 0.25) is 0 Å². The maximum atomic E-state index is 9.57. The Hall–Kier alpha value is -2.46. The van der Waals surface area contributed by atoms with Crippen LogP contribution in [0, 0.1) is 0 Å². The third kappa shape index (κ3) is 2.85. The van der Waals surface area contributed by atoms with Crippen LogP contribution in [0.4, 0.5) is 5.82 Å². The molecule has 0 radical (unpaired) electrons. The molecule has 4 heteroatoms. The summed E-state index contributed by atoms with van der Waals surface area (Å²) in [6, 6.07) is 13.9. The molecular formula is C17H17N3O. The number of aromatic nitrogens is 2. The van der Waals surface area contributed by atoms with Crippen molar-refractivity contribution in [2.45, 2.75) is 19.6 Å². The summed E-state index contributed by atoms with van der Waals surface area (Å²) in [4.78, 5) is 8.65. The lowest BCUT2D eigenvalue weighted by Crippen LogP contribution is -2.10. The number of rotatable bonds is 4. The molecule has 2 heterocycles. The van der Waals surface area contributed by atoms with Crippen molar-refractivity contribution >= 4 is 16.7 Å². The highest BCUT2D eigenvalue weighted by atomic mass is 16.3. The number of anilines is 1. The summed E-state index contributed by atoms with van der Waals surface area (Å²) < 4.78 is 0. The van der Waals surface area contributed by atoms with E-state index in [-0.39, 0.29) is 12.6 Å². The highest BCUT2D eigenvalue weighted by Crippen LogP contribution is 2.24. The molecular weight excluding hydrogens is 262 g/mol. The molecule has 2 N–H and O–H groups in total. The molecule has 21 heavy (non-hydrogen) atoms. The molecule has 0 saturated heterocycles. The second kappa shape index (κ2) is 5.89. The van der Waals surface area contributed by atoms with Gasteiger partial charge in [0.15, 0.2) is 0 Å². The fourth-order valence-electron chi connectivity index (χ4n) is 2.35. The Morgan fingerprint density at radius 1 is 1.14 bits per heavy atom. The molecule has 0 bridgehead atoms. The zero-order valence-corrected chi connectivity index (χ0v) is 11.8. The number of pyridine rings is 2. The lowest BCUT2D eigenvalue weighted by molar-refractivity contribution is 0.282. The molecule has 1 aromatic carbocycles. The SMILES string of the molecule is C[C@H](Nc1nc2ccccc2cc1CO)c1ccncc1. The van der Waals surface area contributed by atoms with Crippen LogP contribution in [0.5, 0.6) is 0 Å². The lowest BCUT2D eigenvalue weighted by Gasteiger charge is -2.17. The summed E-state index contributed by atoms with van der Waals surface area (Å²) in [5, 5.41) is 14.0. The maximum Gasteiger partial charge on any atom is 0.132 e. The Morgan fingerprint density at radius 3 is 2.67 bits per heavy atom. The van der Waals surface area contributed by atoms with Gasteiger partial charge in [0.1, 0.15) is 5.82 Å². The normalized spacial score (nSPS) is 12.3. The van der Waals surface area contributed by atoms with E-state index in [0.717, 1.165) is 27.8 Å². The molecule has 0 aliphatic rings. The first kappa shape index (κ1) is 13.5.